The monoisotopic (exact) mass is 344 g/mol. The summed E-state index contributed by atoms with van der Waals surface area (Å²) in [5, 5.41) is 11.9. The van der Waals surface area contributed by atoms with Crippen LogP contribution in [0, 0.1) is 5.41 Å². The third-order valence-electron chi connectivity index (χ3n) is 3.51. The number of halogens is 1. The molecule has 1 heterocycles. The van der Waals surface area contributed by atoms with Gasteiger partial charge in [-0.1, -0.05) is 13.8 Å². The average molecular weight is 345 g/mol. The van der Waals surface area contributed by atoms with Crippen molar-refractivity contribution >= 4 is 27.8 Å². The van der Waals surface area contributed by atoms with Crippen molar-refractivity contribution in [2.45, 2.75) is 26.7 Å². The van der Waals surface area contributed by atoms with Gasteiger partial charge in [0, 0.05) is 12.7 Å². The lowest BCUT2D eigenvalue weighted by molar-refractivity contribution is -0.149. The van der Waals surface area contributed by atoms with Crippen LogP contribution in [0.2, 0.25) is 0 Å². The lowest BCUT2D eigenvalue weighted by Gasteiger charge is -2.26. The van der Waals surface area contributed by atoms with Crippen LogP contribution in [-0.2, 0) is 4.79 Å². The lowest BCUT2D eigenvalue weighted by atomic mass is 9.82. The van der Waals surface area contributed by atoms with Gasteiger partial charge in [0.25, 0.3) is 11.5 Å². The Bertz CT molecular complexity index is 564. The molecule has 0 saturated carbocycles. The highest BCUT2D eigenvalue weighted by Crippen LogP contribution is 2.25. The molecule has 6 nitrogen and oxygen atoms in total. The maximum Gasteiger partial charge on any atom is 0.311 e. The van der Waals surface area contributed by atoms with Crippen molar-refractivity contribution in [1.82, 2.24) is 10.3 Å². The van der Waals surface area contributed by atoms with Gasteiger partial charge in [-0.05, 0) is 34.8 Å². The highest BCUT2D eigenvalue weighted by molar-refractivity contribution is 9.10. The van der Waals surface area contributed by atoms with Gasteiger partial charge in [-0.3, -0.25) is 14.4 Å². The van der Waals surface area contributed by atoms with Gasteiger partial charge in [0.1, 0.15) is 0 Å². The van der Waals surface area contributed by atoms with Crippen LogP contribution in [0.25, 0.3) is 0 Å². The first-order valence-corrected chi connectivity index (χ1v) is 7.05. The normalized spacial score (nSPS) is 11.2. The molecule has 20 heavy (non-hydrogen) atoms. The number of carbonyl (C=O) groups is 2. The first-order chi connectivity index (χ1) is 9.36. The standard InChI is InChI=1S/C13H17BrN2O4/c1-3-13(4-2,12(19)20)7-16-10(17)8-5-9(14)11(18)15-6-8/h5-6H,3-4,7H2,1-2H3,(H,15,18)(H,16,17)(H,19,20). The van der Waals surface area contributed by atoms with Crippen molar-refractivity contribution in [2.24, 2.45) is 5.41 Å². The molecular weight excluding hydrogens is 328 g/mol. The fourth-order valence-electron chi connectivity index (χ4n) is 1.82. The van der Waals surface area contributed by atoms with Gasteiger partial charge in [0.05, 0.1) is 15.5 Å². The number of pyridine rings is 1. The third-order valence-corrected chi connectivity index (χ3v) is 4.10. The van der Waals surface area contributed by atoms with Crippen molar-refractivity contribution in [3.05, 3.63) is 32.7 Å². The summed E-state index contributed by atoms with van der Waals surface area (Å²) in [6, 6.07) is 1.40. The van der Waals surface area contributed by atoms with Crippen LogP contribution in [0.3, 0.4) is 0 Å². The summed E-state index contributed by atoms with van der Waals surface area (Å²) >= 11 is 3.04. The number of carboxylic acid groups (broad SMARTS) is 1. The minimum atomic E-state index is -0.963. The van der Waals surface area contributed by atoms with Crippen LogP contribution in [-0.4, -0.2) is 28.5 Å². The zero-order chi connectivity index (χ0) is 15.3. The smallest absolute Gasteiger partial charge is 0.311 e. The number of amides is 1. The van der Waals surface area contributed by atoms with Crippen LogP contribution in [0.4, 0.5) is 0 Å². The Morgan fingerprint density at radius 3 is 2.45 bits per heavy atom. The van der Waals surface area contributed by atoms with E-state index in [4.69, 9.17) is 0 Å². The predicted octanol–water partition coefficient (Wildman–Crippen LogP) is 1.76. The topological polar surface area (TPSA) is 99.3 Å². The van der Waals surface area contributed by atoms with Gasteiger partial charge < -0.3 is 15.4 Å². The number of hydrogen-bond donors (Lipinski definition) is 3. The molecular formula is C13H17BrN2O4. The summed E-state index contributed by atoms with van der Waals surface area (Å²) in [7, 11) is 0. The predicted molar refractivity (Wildman–Crippen MR) is 77.7 cm³/mol. The van der Waals surface area contributed by atoms with E-state index in [2.05, 4.69) is 26.2 Å². The van der Waals surface area contributed by atoms with E-state index in [1.54, 1.807) is 13.8 Å². The lowest BCUT2D eigenvalue weighted by Crippen LogP contribution is -2.42. The van der Waals surface area contributed by atoms with Gasteiger partial charge in [-0.25, -0.2) is 0 Å². The zero-order valence-corrected chi connectivity index (χ0v) is 12.9. The molecule has 7 heteroatoms. The molecule has 3 N–H and O–H groups in total. The molecule has 0 radical (unpaired) electrons. The number of carbonyl (C=O) groups excluding carboxylic acids is 1. The Kier molecular flexibility index (Phi) is 5.50. The van der Waals surface area contributed by atoms with Crippen LogP contribution in [0.1, 0.15) is 37.0 Å². The minimum absolute atomic E-state index is 0.0465. The maximum atomic E-state index is 12.0. The molecule has 1 rings (SSSR count). The molecule has 0 atom stereocenters. The van der Waals surface area contributed by atoms with Gasteiger partial charge >= 0.3 is 5.97 Å². The number of aromatic amines is 1. The van der Waals surface area contributed by atoms with Crippen molar-refractivity contribution in [2.75, 3.05) is 6.54 Å². The Balaban J connectivity index is 2.83. The van der Waals surface area contributed by atoms with Gasteiger partial charge in [-0.2, -0.15) is 0 Å². The van der Waals surface area contributed by atoms with E-state index in [0.29, 0.717) is 12.8 Å². The second kappa shape index (κ2) is 6.69. The van der Waals surface area contributed by atoms with E-state index in [9.17, 15) is 19.5 Å². The van der Waals surface area contributed by atoms with Crippen molar-refractivity contribution < 1.29 is 14.7 Å². The highest BCUT2D eigenvalue weighted by atomic mass is 79.9. The zero-order valence-electron chi connectivity index (χ0n) is 11.3. The SMILES string of the molecule is CCC(CC)(CNC(=O)c1c[nH]c(=O)c(Br)c1)C(=O)O. The molecule has 110 valence electrons. The third kappa shape index (κ3) is 3.47. The van der Waals surface area contributed by atoms with E-state index in [0.717, 1.165) is 0 Å². The number of aromatic nitrogens is 1. The minimum Gasteiger partial charge on any atom is -0.481 e. The van der Waals surface area contributed by atoms with Crippen LogP contribution in [0.5, 0.6) is 0 Å². The molecule has 1 aromatic rings. The fraction of sp³-hybridized carbons (Fsp3) is 0.462. The number of hydrogen-bond acceptors (Lipinski definition) is 3. The Hall–Kier alpha value is -1.63. The molecule has 1 amide bonds. The van der Waals surface area contributed by atoms with E-state index < -0.39 is 17.3 Å². The molecule has 0 aliphatic carbocycles. The fourth-order valence-corrected chi connectivity index (χ4v) is 2.18. The van der Waals surface area contributed by atoms with Crippen LogP contribution >= 0.6 is 15.9 Å². The molecule has 0 bridgehead atoms. The first-order valence-electron chi connectivity index (χ1n) is 6.26. The van der Waals surface area contributed by atoms with E-state index in [1.165, 1.54) is 12.3 Å². The molecule has 0 fully saturated rings. The van der Waals surface area contributed by atoms with Crippen LogP contribution < -0.4 is 10.9 Å². The second-order valence-electron chi connectivity index (χ2n) is 4.54. The summed E-state index contributed by atoms with van der Waals surface area (Å²) in [6.07, 6.45) is 2.14. The average Bonchev–Trinajstić information content (AvgIpc) is 2.43. The molecule has 0 aliphatic heterocycles. The number of H-pyrrole nitrogens is 1. The van der Waals surface area contributed by atoms with Crippen molar-refractivity contribution in [3.63, 3.8) is 0 Å². The molecule has 1 aromatic heterocycles. The Morgan fingerprint density at radius 1 is 1.40 bits per heavy atom. The summed E-state index contributed by atoms with van der Waals surface area (Å²) in [6.45, 7) is 3.60. The molecule has 0 saturated heterocycles. The van der Waals surface area contributed by atoms with Gasteiger partial charge in [-0.15, -0.1) is 0 Å². The quantitative estimate of drug-likeness (QED) is 0.731. The molecule has 0 aromatic carbocycles. The summed E-state index contributed by atoms with van der Waals surface area (Å²) in [5.74, 6) is -1.35. The van der Waals surface area contributed by atoms with Crippen LogP contribution in [0.15, 0.2) is 21.5 Å². The Labute approximate surface area is 124 Å². The van der Waals surface area contributed by atoms with Gasteiger partial charge in [0.15, 0.2) is 0 Å². The number of rotatable bonds is 6. The molecule has 0 unspecified atom stereocenters. The largest absolute Gasteiger partial charge is 0.481 e. The molecule has 0 aliphatic rings. The Morgan fingerprint density at radius 2 is 2.00 bits per heavy atom. The highest BCUT2D eigenvalue weighted by Gasteiger charge is 2.35. The van der Waals surface area contributed by atoms with E-state index in [-0.39, 0.29) is 22.1 Å². The number of aliphatic carboxylic acids is 1. The number of nitrogens with one attached hydrogen (secondary N) is 2. The van der Waals surface area contributed by atoms with Crippen molar-refractivity contribution in [3.8, 4) is 0 Å². The summed E-state index contributed by atoms with van der Waals surface area (Å²) < 4.78 is 0.251. The summed E-state index contributed by atoms with van der Waals surface area (Å²) in [4.78, 5) is 36.9. The van der Waals surface area contributed by atoms with Crippen molar-refractivity contribution in [1.29, 1.82) is 0 Å². The maximum absolute atomic E-state index is 12.0. The first kappa shape index (κ1) is 16.4. The molecule has 0 spiro atoms. The second-order valence-corrected chi connectivity index (χ2v) is 5.40. The summed E-state index contributed by atoms with van der Waals surface area (Å²) in [5.41, 5.74) is -1.03. The number of carboxylic acids is 1. The van der Waals surface area contributed by atoms with E-state index >= 15 is 0 Å². The van der Waals surface area contributed by atoms with E-state index in [1.807, 2.05) is 0 Å². The van der Waals surface area contributed by atoms with Gasteiger partial charge in [0.2, 0.25) is 0 Å².